The van der Waals surface area contributed by atoms with E-state index >= 15 is 0 Å². The van der Waals surface area contributed by atoms with Gasteiger partial charge in [0.1, 0.15) is 0 Å². The van der Waals surface area contributed by atoms with Crippen LogP contribution in [0, 0.1) is 11.3 Å². The highest BCUT2D eigenvalue weighted by Gasteiger charge is 2.58. The van der Waals surface area contributed by atoms with E-state index in [0.717, 1.165) is 44.5 Å². The van der Waals surface area contributed by atoms with Crippen LogP contribution >= 0.6 is 0 Å². The molecule has 2 aliphatic carbocycles. The second-order valence-corrected chi connectivity index (χ2v) is 8.88. The first-order valence-corrected chi connectivity index (χ1v) is 10.1. The minimum atomic E-state index is -0.458. The zero-order valence-electron chi connectivity index (χ0n) is 16.1. The maximum Gasteiger partial charge on any atom is 0.253 e. The lowest BCUT2D eigenvalue weighted by molar-refractivity contribution is -0.0963. The van der Waals surface area contributed by atoms with Gasteiger partial charge in [-0.05, 0) is 50.3 Å². The second-order valence-electron chi connectivity index (χ2n) is 8.88. The van der Waals surface area contributed by atoms with Crippen LogP contribution in [-0.2, 0) is 0 Å². The maximum absolute atomic E-state index is 12.9. The summed E-state index contributed by atoms with van der Waals surface area (Å²) in [7, 11) is 0. The summed E-state index contributed by atoms with van der Waals surface area (Å²) >= 11 is 0. The Kier molecular flexibility index (Phi) is 4.56. The summed E-state index contributed by atoms with van der Waals surface area (Å²) in [6, 6.07) is 4.04. The molecule has 1 aromatic rings. The van der Waals surface area contributed by atoms with Crippen LogP contribution in [0.3, 0.4) is 0 Å². The molecule has 4 rings (SSSR count). The summed E-state index contributed by atoms with van der Waals surface area (Å²) in [4.78, 5) is 19.8. The number of amides is 1. The van der Waals surface area contributed by atoms with Crippen LogP contribution in [0.25, 0.3) is 0 Å². The second kappa shape index (κ2) is 6.61. The van der Waals surface area contributed by atoms with Crippen LogP contribution in [0.5, 0.6) is 0 Å². The number of pyridine rings is 1. The summed E-state index contributed by atoms with van der Waals surface area (Å²) < 4.78 is 0. The van der Waals surface area contributed by atoms with Crippen LogP contribution in [-0.4, -0.2) is 52.2 Å². The molecule has 2 heterocycles. The molecule has 1 saturated heterocycles. The molecule has 1 spiro atoms. The van der Waals surface area contributed by atoms with E-state index in [1.54, 1.807) is 6.20 Å². The van der Waals surface area contributed by atoms with Gasteiger partial charge in [0.2, 0.25) is 0 Å². The number of aromatic nitrogens is 1. The fraction of sp³-hybridized carbons (Fsp3) is 0.714. The van der Waals surface area contributed by atoms with Gasteiger partial charge in [0.25, 0.3) is 5.91 Å². The van der Waals surface area contributed by atoms with E-state index in [1.807, 2.05) is 12.1 Å². The lowest BCUT2D eigenvalue weighted by atomic mass is 9.65. The van der Waals surface area contributed by atoms with E-state index in [2.05, 4.69) is 36.0 Å². The molecule has 2 saturated carbocycles. The Bertz CT molecular complexity index is 688. The van der Waals surface area contributed by atoms with E-state index in [-0.39, 0.29) is 17.4 Å². The normalized spacial score (nSPS) is 34.3. The Morgan fingerprint density at radius 1 is 1.42 bits per heavy atom. The largest absolute Gasteiger partial charge is 0.391 e. The van der Waals surface area contributed by atoms with Gasteiger partial charge in [-0.25, -0.2) is 0 Å². The molecule has 4 atom stereocenters. The van der Waals surface area contributed by atoms with Gasteiger partial charge in [-0.1, -0.05) is 20.8 Å². The van der Waals surface area contributed by atoms with Crippen molar-refractivity contribution in [2.75, 3.05) is 13.1 Å². The maximum atomic E-state index is 12.9. The third-order valence-corrected chi connectivity index (χ3v) is 6.65. The van der Waals surface area contributed by atoms with E-state index in [1.165, 1.54) is 0 Å². The highest BCUT2D eigenvalue weighted by atomic mass is 16.3. The molecular formula is C21H31N3O2. The fourth-order valence-electron chi connectivity index (χ4n) is 5.58. The number of hydrogen-bond acceptors (Lipinski definition) is 4. The number of nitrogens with one attached hydrogen (secondary N) is 1. The minimum Gasteiger partial charge on any atom is -0.391 e. The number of rotatable bonds is 5. The van der Waals surface area contributed by atoms with Crippen molar-refractivity contribution in [1.82, 2.24) is 15.2 Å². The molecule has 1 aromatic heterocycles. The summed E-state index contributed by atoms with van der Waals surface area (Å²) in [6.07, 6.45) is 5.22. The smallest absolute Gasteiger partial charge is 0.253 e. The number of hydrogen-bond donors (Lipinski definition) is 2. The SMILES string of the molecule is CCN1CC2(C[C@@H](O)[C@H](NC(=O)c3cccnc3C3CC3)C2)C1C(C)C. The molecule has 1 aliphatic heterocycles. The lowest BCUT2D eigenvalue weighted by Crippen LogP contribution is -2.65. The highest BCUT2D eigenvalue weighted by Crippen LogP contribution is 2.52. The lowest BCUT2D eigenvalue weighted by Gasteiger charge is -2.58. The summed E-state index contributed by atoms with van der Waals surface area (Å²) in [6.45, 7) is 8.83. The fourth-order valence-corrected chi connectivity index (χ4v) is 5.58. The Labute approximate surface area is 156 Å². The Morgan fingerprint density at radius 3 is 2.85 bits per heavy atom. The molecule has 0 aromatic carbocycles. The number of nitrogens with zero attached hydrogens (tertiary/aromatic N) is 2. The van der Waals surface area contributed by atoms with E-state index < -0.39 is 6.10 Å². The predicted molar refractivity (Wildman–Crippen MR) is 101 cm³/mol. The monoisotopic (exact) mass is 357 g/mol. The molecule has 3 fully saturated rings. The molecule has 2 N–H and O–H groups in total. The molecule has 142 valence electrons. The molecule has 2 unspecified atom stereocenters. The van der Waals surface area contributed by atoms with Gasteiger partial charge in [0, 0.05) is 30.1 Å². The van der Waals surface area contributed by atoms with Crippen molar-refractivity contribution in [3.05, 3.63) is 29.6 Å². The Hall–Kier alpha value is -1.46. The third-order valence-electron chi connectivity index (χ3n) is 6.65. The van der Waals surface area contributed by atoms with Crippen molar-refractivity contribution in [2.24, 2.45) is 11.3 Å². The topological polar surface area (TPSA) is 65.5 Å². The third kappa shape index (κ3) is 2.95. The van der Waals surface area contributed by atoms with Crippen LogP contribution in [0.4, 0.5) is 0 Å². The molecule has 1 amide bonds. The van der Waals surface area contributed by atoms with Crippen LogP contribution < -0.4 is 5.32 Å². The highest BCUT2D eigenvalue weighted by molar-refractivity contribution is 5.95. The Morgan fingerprint density at radius 2 is 2.19 bits per heavy atom. The molecule has 0 radical (unpaired) electrons. The summed E-state index contributed by atoms with van der Waals surface area (Å²) in [5, 5.41) is 13.8. The van der Waals surface area contributed by atoms with Gasteiger partial charge in [0.15, 0.2) is 0 Å². The van der Waals surface area contributed by atoms with Crippen molar-refractivity contribution in [1.29, 1.82) is 0 Å². The molecule has 5 heteroatoms. The minimum absolute atomic E-state index is 0.0751. The first-order valence-electron chi connectivity index (χ1n) is 10.1. The van der Waals surface area contributed by atoms with Crippen LogP contribution in [0.2, 0.25) is 0 Å². The average molecular weight is 357 g/mol. The zero-order valence-corrected chi connectivity index (χ0v) is 16.1. The Balaban J connectivity index is 1.47. The van der Waals surface area contributed by atoms with Gasteiger partial charge >= 0.3 is 0 Å². The molecular weight excluding hydrogens is 326 g/mol. The molecule has 0 bridgehead atoms. The first-order chi connectivity index (χ1) is 12.4. The number of carbonyl (C=O) groups is 1. The summed E-state index contributed by atoms with van der Waals surface area (Å²) in [5.41, 5.74) is 1.76. The van der Waals surface area contributed by atoms with Crippen LogP contribution in [0.15, 0.2) is 18.3 Å². The van der Waals surface area contributed by atoms with E-state index in [9.17, 15) is 9.90 Å². The standard InChI is InChI=1S/C21H31N3O2/c1-4-24-12-21(19(24)13(2)3)10-16(17(25)11-21)23-20(26)15-6-5-9-22-18(15)14-7-8-14/h5-6,9,13-14,16-17,19,25H,4,7-8,10-12H2,1-3H3,(H,23,26)/t16-,17-,19?,21?/m1/s1. The molecule has 26 heavy (non-hydrogen) atoms. The number of carbonyl (C=O) groups excluding carboxylic acids is 1. The van der Waals surface area contributed by atoms with Gasteiger partial charge in [0.05, 0.1) is 23.4 Å². The van der Waals surface area contributed by atoms with E-state index in [0.29, 0.717) is 23.4 Å². The summed E-state index contributed by atoms with van der Waals surface area (Å²) in [5.74, 6) is 0.922. The van der Waals surface area contributed by atoms with Gasteiger partial charge in [-0.2, -0.15) is 0 Å². The van der Waals surface area contributed by atoms with Gasteiger partial charge in [-0.3, -0.25) is 14.7 Å². The molecule has 3 aliphatic rings. The van der Waals surface area contributed by atoms with Crippen molar-refractivity contribution < 1.29 is 9.90 Å². The van der Waals surface area contributed by atoms with E-state index in [4.69, 9.17) is 0 Å². The number of aliphatic hydroxyl groups excluding tert-OH is 1. The van der Waals surface area contributed by atoms with Crippen LogP contribution in [0.1, 0.15) is 68.4 Å². The zero-order chi connectivity index (χ0) is 18.5. The average Bonchev–Trinajstić information content (AvgIpc) is 3.38. The van der Waals surface area contributed by atoms with Gasteiger partial charge in [-0.15, -0.1) is 0 Å². The number of aliphatic hydroxyl groups is 1. The first kappa shape index (κ1) is 17.9. The quantitative estimate of drug-likeness (QED) is 0.850. The molecule has 5 nitrogen and oxygen atoms in total. The predicted octanol–water partition coefficient (Wildman–Crippen LogP) is 2.56. The van der Waals surface area contributed by atoms with Crippen molar-refractivity contribution >= 4 is 5.91 Å². The van der Waals surface area contributed by atoms with Crippen molar-refractivity contribution in [3.8, 4) is 0 Å². The van der Waals surface area contributed by atoms with Crippen molar-refractivity contribution in [3.63, 3.8) is 0 Å². The van der Waals surface area contributed by atoms with Crippen molar-refractivity contribution in [2.45, 2.75) is 70.6 Å². The van der Waals surface area contributed by atoms with Gasteiger partial charge < -0.3 is 10.4 Å². The number of likely N-dealkylation sites (tertiary alicyclic amines) is 1.